The molecule has 8 nitrogen and oxygen atoms in total. The minimum absolute atomic E-state index is 0.0562. The van der Waals surface area contributed by atoms with Gasteiger partial charge in [-0.15, -0.1) is 0 Å². The van der Waals surface area contributed by atoms with Gasteiger partial charge in [-0.2, -0.15) is 0 Å². The molecule has 2 heterocycles. The van der Waals surface area contributed by atoms with Crippen molar-refractivity contribution < 1.29 is 14.3 Å². The summed E-state index contributed by atoms with van der Waals surface area (Å²) < 4.78 is 12.7. The average molecular weight is 576 g/mol. The second-order valence-electron chi connectivity index (χ2n) is 10.1. The molecular formula is C29H36Cl2N4O4. The third-order valence-electron chi connectivity index (χ3n) is 7.07. The van der Waals surface area contributed by atoms with Crippen molar-refractivity contribution in [2.45, 2.75) is 39.5 Å². The van der Waals surface area contributed by atoms with Crippen LogP contribution in [0, 0.1) is 5.92 Å². The largest absolute Gasteiger partial charge is 0.494 e. The van der Waals surface area contributed by atoms with Crippen LogP contribution >= 0.6 is 23.2 Å². The van der Waals surface area contributed by atoms with E-state index in [1.807, 2.05) is 50.2 Å². The van der Waals surface area contributed by atoms with Gasteiger partial charge in [0.2, 0.25) is 0 Å². The number of rotatable bonds is 11. The number of anilines is 1. The lowest BCUT2D eigenvalue weighted by Crippen LogP contribution is -2.46. The monoisotopic (exact) mass is 574 g/mol. The van der Waals surface area contributed by atoms with Crippen molar-refractivity contribution in [3.05, 3.63) is 68.9 Å². The quantitative estimate of drug-likeness (QED) is 0.260. The predicted octanol–water partition coefficient (Wildman–Crippen LogP) is 4.77. The van der Waals surface area contributed by atoms with E-state index in [1.54, 1.807) is 6.07 Å². The molecule has 39 heavy (non-hydrogen) atoms. The Hall–Kier alpha value is -2.78. The minimum Gasteiger partial charge on any atom is -0.494 e. The number of halogens is 2. The number of unbranched alkanes of at least 4 members (excludes halogenated alkanes) is 1. The molecule has 0 saturated carbocycles. The fraction of sp³-hybridized carbons (Fsp3) is 0.448. The van der Waals surface area contributed by atoms with Crippen molar-refractivity contribution >= 4 is 45.8 Å². The van der Waals surface area contributed by atoms with Crippen LogP contribution in [0.25, 0.3) is 10.9 Å². The fourth-order valence-corrected chi connectivity index (χ4v) is 4.98. The molecule has 1 unspecified atom stereocenters. The zero-order chi connectivity index (χ0) is 27.9. The Bertz CT molecular complexity index is 1340. The van der Waals surface area contributed by atoms with Crippen LogP contribution < -0.4 is 20.9 Å². The van der Waals surface area contributed by atoms with Crippen LogP contribution in [0.15, 0.2) is 53.3 Å². The summed E-state index contributed by atoms with van der Waals surface area (Å²) in [7, 11) is 0. The van der Waals surface area contributed by atoms with E-state index in [0.717, 1.165) is 56.6 Å². The van der Waals surface area contributed by atoms with Crippen molar-refractivity contribution in [2.75, 3.05) is 44.2 Å². The molecule has 0 bridgehead atoms. The molecule has 3 aromatic rings. The number of hydrogen-bond donors (Lipinski definition) is 1. The maximum atomic E-state index is 12.5. The third kappa shape index (κ3) is 7.45. The molecule has 2 aromatic carbocycles. The summed E-state index contributed by atoms with van der Waals surface area (Å²) >= 11 is 12.6. The Morgan fingerprint density at radius 1 is 1.03 bits per heavy atom. The SMILES string of the molecule is CC(C)C(N)C(=O)OCn1c(=O)ccc2ccc(OCCCCN3CCN(c4cccc(Cl)c4Cl)CC3)cc21. The van der Waals surface area contributed by atoms with Gasteiger partial charge in [-0.25, -0.2) is 0 Å². The molecule has 0 spiro atoms. The Kier molecular flexibility index (Phi) is 10.1. The second-order valence-corrected chi connectivity index (χ2v) is 10.9. The van der Waals surface area contributed by atoms with Crippen molar-refractivity contribution in [3.63, 3.8) is 0 Å². The Morgan fingerprint density at radius 2 is 1.77 bits per heavy atom. The molecule has 0 radical (unpaired) electrons. The summed E-state index contributed by atoms with van der Waals surface area (Å²) in [6, 6.07) is 13.8. The number of ether oxygens (including phenoxy) is 2. The van der Waals surface area contributed by atoms with Crippen LogP contribution in [-0.2, 0) is 16.3 Å². The van der Waals surface area contributed by atoms with Crippen LogP contribution in [0.4, 0.5) is 5.69 Å². The van der Waals surface area contributed by atoms with E-state index in [9.17, 15) is 9.59 Å². The van der Waals surface area contributed by atoms with Gasteiger partial charge >= 0.3 is 5.97 Å². The van der Waals surface area contributed by atoms with Gasteiger partial charge in [0.25, 0.3) is 5.56 Å². The zero-order valence-corrected chi connectivity index (χ0v) is 24.0. The molecule has 1 aliphatic rings. The number of esters is 1. The first kappa shape index (κ1) is 29.2. The lowest BCUT2D eigenvalue weighted by atomic mass is 10.1. The normalized spacial score (nSPS) is 15.1. The number of piperazine rings is 1. The molecule has 1 aliphatic heterocycles. The van der Waals surface area contributed by atoms with Gasteiger partial charge in [0.05, 0.1) is 27.9 Å². The number of carbonyl (C=O) groups excluding carboxylic acids is 1. The Labute approximate surface area is 239 Å². The number of nitrogens with two attached hydrogens (primary N) is 1. The first-order valence-electron chi connectivity index (χ1n) is 13.3. The first-order valence-corrected chi connectivity index (χ1v) is 14.1. The number of benzene rings is 2. The van der Waals surface area contributed by atoms with Crippen molar-refractivity contribution in [3.8, 4) is 5.75 Å². The zero-order valence-electron chi connectivity index (χ0n) is 22.4. The molecule has 4 rings (SSSR count). The first-order chi connectivity index (χ1) is 18.7. The van der Waals surface area contributed by atoms with Gasteiger partial charge in [-0.05, 0) is 61.0 Å². The standard InChI is InChI=1S/C29H36Cl2N4O4/c1-20(2)28(32)29(37)39-19-35-25-18-22(10-8-21(25)9-11-26(35)36)38-17-4-3-12-33-13-15-34(16-14-33)24-7-5-6-23(30)27(24)31/h5-11,18,20,28H,3-4,12-17,19,32H2,1-2H3. The number of nitrogens with zero attached hydrogens (tertiary/aromatic N) is 3. The smallest absolute Gasteiger partial charge is 0.324 e. The van der Waals surface area contributed by atoms with Gasteiger partial charge in [0.15, 0.2) is 6.73 Å². The molecule has 1 aromatic heterocycles. The van der Waals surface area contributed by atoms with Crippen molar-refractivity contribution in [2.24, 2.45) is 11.7 Å². The van der Waals surface area contributed by atoms with Crippen LogP contribution in [0.1, 0.15) is 26.7 Å². The van der Waals surface area contributed by atoms with Gasteiger partial charge in [-0.3, -0.25) is 19.1 Å². The average Bonchev–Trinajstić information content (AvgIpc) is 2.93. The molecule has 0 amide bonds. The van der Waals surface area contributed by atoms with Crippen LogP contribution in [0.2, 0.25) is 10.0 Å². The molecule has 1 fully saturated rings. The summed E-state index contributed by atoms with van der Waals surface area (Å²) in [6.07, 6.45) is 1.92. The van der Waals surface area contributed by atoms with Crippen LogP contribution in [0.3, 0.4) is 0 Å². The highest BCUT2D eigenvalue weighted by atomic mass is 35.5. The highest BCUT2D eigenvalue weighted by Crippen LogP contribution is 2.32. The van der Waals surface area contributed by atoms with Crippen molar-refractivity contribution in [1.82, 2.24) is 9.47 Å². The molecule has 1 saturated heterocycles. The Balaban J connectivity index is 1.25. The second kappa shape index (κ2) is 13.5. The van der Waals surface area contributed by atoms with E-state index < -0.39 is 12.0 Å². The summed E-state index contributed by atoms with van der Waals surface area (Å²) in [6.45, 7) is 8.83. The number of hydrogen-bond acceptors (Lipinski definition) is 7. The molecule has 0 aliphatic carbocycles. The van der Waals surface area contributed by atoms with Gasteiger partial charge in [-0.1, -0.05) is 43.1 Å². The van der Waals surface area contributed by atoms with E-state index in [4.69, 9.17) is 38.4 Å². The van der Waals surface area contributed by atoms with Gasteiger partial charge in [0.1, 0.15) is 11.8 Å². The van der Waals surface area contributed by atoms with Crippen LogP contribution in [-0.4, -0.2) is 60.8 Å². The lowest BCUT2D eigenvalue weighted by Gasteiger charge is -2.36. The van der Waals surface area contributed by atoms with E-state index in [-0.39, 0.29) is 18.2 Å². The van der Waals surface area contributed by atoms with E-state index >= 15 is 0 Å². The van der Waals surface area contributed by atoms with Crippen molar-refractivity contribution in [1.29, 1.82) is 0 Å². The van der Waals surface area contributed by atoms with Gasteiger partial charge in [0, 0.05) is 38.3 Å². The summed E-state index contributed by atoms with van der Waals surface area (Å²) in [5.74, 6) is 0.0782. The predicted molar refractivity (Wildman–Crippen MR) is 157 cm³/mol. The molecule has 2 N–H and O–H groups in total. The molecular weight excluding hydrogens is 539 g/mol. The number of pyridine rings is 1. The number of aromatic nitrogens is 1. The van der Waals surface area contributed by atoms with E-state index in [0.29, 0.717) is 27.9 Å². The Morgan fingerprint density at radius 3 is 2.51 bits per heavy atom. The summed E-state index contributed by atoms with van der Waals surface area (Å²) in [5, 5.41) is 2.05. The van der Waals surface area contributed by atoms with E-state index in [1.165, 1.54) is 10.6 Å². The summed E-state index contributed by atoms with van der Waals surface area (Å²) in [4.78, 5) is 29.5. The molecule has 1 atom stereocenters. The van der Waals surface area contributed by atoms with E-state index in [2.05, 4.69) is 9.80 Å². The lowest BCUT2D eigenvalue weighted by molar-refractivity contribution is -0.150. The highest BCUT2D eigenvalue weighted by Gasteiger charge is 2.20. The number of carbonyl (C=O) groups is 1. The van der Waals surface area contributed by atoms with Gasteiger partial charge < -0.3 is 20.1 Å². The third-order valence-corrected chi connectivity index (χ3v) is 7.88. The maximum absolute atomic E-state index is 12.5. The minimum atomic E-state index is -0.736. The number of fused-ring (bicyclic) bond motifs is 1. The highest BCUT2D eigenvalue weighted by molar-refractivity contribution is 6.43. The maximum Gasteiger partial charge on any atom is 0.324 e. The fourth-order valence-electron chi connectivity index (χ4n) is 4.56. The summed E-state index contributed by atoms with van der Waals surface area (Å²) in [5.41, 5.74) is 7.25. The molecule has 210 valence electrons. The molecule has 10 heteroatoms. The topological polar surface area (TPSA) is 90.0 Å². The van der Waals surface area contributed by atoms with Crippen LogP contribution in [0.5, 0.6) is 5.75 Å².